The smallest absolute Gasteiger partial charge is 0.337 e. The lowest BCUT2D eigenvalue weighted by molar-refractivity contribution is -0.136. The summed E-state index contributed by atoms with van der Waals surface area (Å²) in [6, 6.07) is 6.83. The van der Waals surface area contributed by atoms with Gasteiger partial charge in [-0.1, -0.05) is 0 Å². The zero-order valence-corrected chi connectivity index (χ0v) is 14.0. The number of carbonyl (C=O) groups is 2. The Kier molecular flexibility index (Phi) is 5.98. The van der Waals surface area contributed by atoms with E-state index in [2.05, 4.69) is 5.32 Å². The molecule has 1 aromatic carbocycles. The molecule has 132 valence electrons. The van der Waals surface area contributed by atoms with Crippen molar-refractivity contribution >= 4 is 17.6 Å². The molecule has 8 nitrogen and oxygen atoms in total. The number of aliphatic hydroxyl groups excluding tert-OH is 1. The van der Waals surface area contributed by atoms with Crippen molar-refractivity contribution in [1.82, 2.24) is 4.90 Å². The summed E-state index contributed by atoms with van der Waals surface area (Å²) in [6.45, 7) is 2.18. The lowest BCUT2D eigenvalue weighted by Crippen LogP contribution is -2.31. The Hall–Kier alpha value is -3.05. The molecule has 0 radical (unpaired) electrons. The summed E-state index contributed by atoms with van der Waals surface area (Å²) in [4.78, 5) is 25.7. The van der Waals surface area contributed by atoms with Crippen LogP contribution in [0, 0.1) is 11.3 Å². The van der Waals surface area contributed by atoms with E-state index in [9.17, 15) is 14.9 Å². The lowest BCUT2D eigenvalue weighted by Gasteiger charge is -2.15. The summed E-state index contributed by atoms with van der Waals surface area (Å²) in [6.07, 6.45) is 0. The van der Waals surface area contributed by atoms with Crippen molar-refractivity contribution < 1.29 is 24.2 Å². The third kappa shape index (κ3) is 3.89. The fourth-order valence-electron chi connectivity index (χ4n) is 2.47. The minimum absolute atomic E-state index is 0.0521. The highest BCUT2D eigenvalue weighted by Gasteiger charge is 2.34. The number of anilines is 1. The molecule has 0 saturated carbocycles. The van der Waals surface area contributed by atoms with Crippen molar-refractivity contribution in [3.8, 4) is 11.8 Å². The highest BCUT2D eigenvalue weighted by Crippen LogP contribution is 2.26. The molecule has 25 heavy (non-hydrogen) atoms. The van der Waals surface area contributed by atoms with Crippen molar-refractivity contribution in [2.24, 2.45) is 0 Å². The predicted octanol–water partition coefficient (Wildman–Crippen LogP) is 0.630. The van der Waals surface area contributed by atoms with Gasteiger partial charge in [0.05, 0.1) is 38.0 Å². The van der Waals surface area contributed by atoms with Gasteiger partial charge in [-0.2, -0.15) is 5.26 Å². The molecule has 0 spiro atoms. The first-order valence-electron chi connectivity index (χ1n) is 7.71. The van der Waals surface area contributed by atoms with Crippen LogP contribution in [0.5, 0.6) is 5.75 Å². The van der Waals surface area contributed by atoms with Crippen LogP contribution in [0.4, 0.5) is 5.69 Å². The molecule has 0 aromatic heterocycles. The zero-order chi connectivity index (χ0) is 18.4. The van der Waals surface area contributed by atoms with E-state index in [4.69, 9.17) is 14.6 Å². The average molecular weight is 345 g/mol. The maximum atomic E-state index is 12.5. The van der Waals surface area contributed by atoms with Crippen LogP contribution in [0.3, 0.4) is 0 Å². The maximum absolute atomic E-state index is 12.5. The second kappa shape index (κ2) is 8.17. The number of methoxy groups -OCH3 is 1. The molecule has 2 rings (SSSR count). The van der Waals surface area contributed by atoms with Crippen molar-refractivity contribution in [3.05, 3.63) is 35.0 Å². The topological polar surface area (TPSA) is 112 Å². The quantitative estimate of drug-likeness (QED) is 0.697. The predicted molar refractivity (Wildman–Crippen MR) is 88.7 cm³/mol. The number of nitrogens with one attached hydrogen (secondary N) is 1. The number of nitrogens with zero attached hydrogens (tertiary/aromatic N) is 2. The second-order valence-electron chi connectivity index (χ2n) is 5.18. The van der Waals surface area contributed by atoms with Crippen molar-refractivity contribution in [2.45, 2.75) is 6.92 Å². The van der Waals surface area contributed by atoms with Crippen LogP contribution in [-0.2, 0) is 14.3 Å². The third-order valence-electron chi connectivity index (χ3n) is 3.62. The van der Waals surface area contributed by atoms with Gasteiger partial charge >= 0.3 is 5.97 Å². The Bertz CT molecular complexity index is 751. The zero-order valence-electron chi connectivity index (χ0n) is 14.0. The summed E-state index contributed by atoms with van der Waals surface area (Å²) in [5.41, 5.74) is 1.03. The first-order chi connectivity index (χ1) is 12.0. The lowest BCUT2D eigenvalue weighted by atomic mass is 10.1. The van der Waals surface area contributed by atoms with Crippen LogP contribution in [-0.4, -0.2) is 55.3 Å². The summed E-state index contributed by atoms with van der Waals surface area (Å²) in [7, 11) is 1.23. The largest absolute Gasteiger partial charge is 0.492 e. The Balaban J connectivity index is 2.33. The number of β-amino-alcohol motifs (C(OH)–C–C–N with tert-alkyl or cyclic N) is 1. The van der Waals surface area contributed by atoms with Crippen molar-refractivity contribution in [1.29, 1.82) is 5.26 Å². The molecule has 1 heterocycles. The fourth-order valence-corrected chi connectivity index (χ4v) is 2.47. The van der Waals surface area contributed by atoms with Gasteiger partial charge in [-0.3, -0.25) is 4.79 Å². The third-order valence-corrected chi connectivity index (χ3v) is 3.62. The Morgan fingerprint density at radius 1 is 1.48 bits per heavy atom. The van der Waals surface area contributed by atoms with Gasteiger partial charge in [0.15, 0.2) is 0 Å². The molecule has 1 aromatic rings. The first-order valence-corrected chi connectivity index (χ1v) is 7.71. The van der Waals surface area contributed by atoms with Crippen LogP contribution < -0.4 is 10.1 Å². The van der Waals surface area contributed by atoms with Gasteiger partial charge in [-0.05, 0) is 25.1 Å². The highest BCUT2D eigenvalue weighted by atomic mass is 16.5. The molecule has 0 fully saturated rings. The van der Waals surface area contributed by atoms with Crippen molar-refractivity contribution in [3.63, 3.8) is 0 Å². The molecule has 8 heteroatoms. The van der Waals surface area contributed by atoms with Crippen LogP contribution in [0.1, 0.15) is 12.5 Å². The van der Waals surface area contributed by atoms with E-state index in [-0.39, 0.29) is 31.0 Å². The maximum Gasteiger partial charge on any atom is 0.337 e. The molecule has 1 aliphatic heterocycles. The van der Waals surface area contributed by atoms with Gasteiger partial charge in [0.2, 0.25) is 0 Å². The van der Waals surface area contributed by atoms with Gasteiger partial charge in [0, 0.05) is 12.2 Å². The summed E-state index contributed by atoms with van der Waals surface area (Å²) >= 11 is 0. The number of esters is 1. The highest BCUT2D eigenvalue weighted by molar-refractivity contribution is 6.08. The average Bonchev–Trinajstić information content (AvgIpc) is 2.92. The fraction of sp³-hybridized carbons (Fsp3) is 0.353. The monoisotopic (exact) mass is 345 g/mol. The van der Waals surface area contributed by atoms with Gasteiger partial charge < -0.3 is 24.8 Å². The minimum Gasteiger partial charge on any atom is -0.492 e. The molecule has 0 unspecified atom stereocenters. The Labute approximate surface area is 145 Å². The van der Waals surface area contributed by atoms with Crippen molar-refractivity contribution in [2.75, 3.05) is 38.7 Å². The number of amides is 1. The molecule has 1 aliphatic rings. The van der Waals surface area contributed by atoms with Crippen LogP contribution in [0.25, 0.3) is 0 Å². The Morgan fingerprint density at radius 2 is 2.24 bits per heavy atom. The van der Waals surface area contributed by atoms with Gasteiger partial charge in [-0.15, -0.1) is 0 Å². The van der Waals surface area contributed by atoms with Gasteiger partial charge in [-0.25, -0.2) is 4.79 Å². The molecular weight excluding hydrogens is 326 g/mol. The van der Waals surface area contributed by atoms with E-state index in [0.29, 0.717) is 23.6 Å². The Morgan fingerprint density at radius 3 is 2.84 bits per heavy atom. The van der Waals surface area contributed by atoms with Crippen LogP contribution >= 0.6 is 0 Å². The molecule has 0 bridgehead atoms. The van der Waals surface area contributed by atoms with E-state index in [1.807, 2.05) is 13.0 Å². The second-order valence-corrected chi connectivity index (χ2v) is 5.18. The number of aliphatic hydroxyl groups is 1. The number of ether oxygens (including phenoxy) is 2. The van der Waals surface area contributed by atoms with Crippen LogP contribution in [0.2, 0.25) is 0 Å². The molecule has 2 N–H and O–H groups in total. The first kappa shape index (κ1) is 18.3. The number of benzene rings is 1. The van der Waals surface area contributed by atoms with Gasteiger partial charge in [0.1, 0.15) is 17.5 Å². The SMILES string of the molecule is CCOc1ccc(NC2=C(C(=O)OC)CN(CCO)C2=O)cc1C#N. The van der Waals surface area contributed by atoms with E-state index in [0.717, 1.165) is 0 Å². The van der Waals surface area contributed by atoms with E-state index >= 15 is 0 Å². The number of nitriles is 1. The number of carbonyl (C=O) groups excluding carboxylic acids is 2. The van der Waals surface area contributed by atoms with E-state index in [1.54, 1.807) is 12.1 Å². The number of hydrogen-bond acceptors (Lipinski definition) is 7. The molecule has 0 aliphatic carbocycles. The number of rotatable bonds is 7. The molecule has 0 saturated heterocycles. The number of hydrogen-bond donors (Lipinski definition) is 2. The molecular formula is C17H19N3O5. The van der Waals surface area contributed by atoms with E-state index < -0.39 is 11.9 Å². The summed E-state index contributed by atoms with van der Waals surface area (Å²) in [5.74, 6) is -0.595. The molecule has 1 amide bonds. The van der Waals surface area contributed by atoms with E-state index in [1.165, 1.54) is 18.1 Å². The summed E-state index contributed by atoms with van der Waals surface area (Å²) < 4.78 is 10.1. The van der Waals surface area contributed by atoms with Crippen LogP contribution in [0.15, 0.2) is 29.5 Å². The minimum atomic E-state index is -0.622. The normalized spacial score (nSPS) is 13.7. The summed E-state index contributed by atoms with van der Waals surface area (Å²) in [5, 5.41) is 21.2. The van der Waals surface area contributed by atoms with Gasteiger partial charge in [0.25, 0.3) is 5.91 Å². The standard InChI is InChI=1S/C17H19N3O5/c1-3-25-14-5-4-12(8-11(14)9-18)19-15-13(17(23)24-2)10-20(6-7-21)16(15)22/h4-5,8,19,21H,3,6-7,10H2,1-2H3. The molecule has 0 atom stereocenters.